The van der Waals surface area contributed by atoms with Crippen LogP contribution in [0.15, 0.2) is 36.5 Å². The van der Waals surface area contributed by atoms with Crippen LogP contribution in [0.4, 0.5) is 5.82 Å². The molecule has 0 aliphatic heterocycles. The number of nitrogens with zero attached hydrogens (tertiary/aromatic N) is 2. The minimum absolute atomic E-state index is 0.479. The van der Waals surface area contributed by atoms with E-state index >= 15 is 0 Å². The largest absolute Gasteiger partial charge is 0.382 e. The van der Waals surface area contributed by atoms with Gasteiger partial charge in [0.1, 0.15) is 19.6 Å². The monoisotopic (exact) mass is 281 g/mol. The van der Waals surface area contributed by atoms with Crippen molar-refractivity contribution in [2.24, 2.45) is 0 Å². The van der Waals surface area contributed by atoms with Crippen LogP contribution in [0.2, 0.25) is 19.6 Å². The second-order valence-electron chi connectivity index (χ2n) is 5.75. The molecular weight excluding hydrogens is 262 g/mol. The van der Waals surface area contributed by atoms with Gasteiger partial charge in [0.25, 0.3) is 0 Å². The molecule has 0 saturated carbocycles. The van der Waals surface area contributed by atoms with E-state index in [9.17, 15) is 0 Å². The van der Waals surface area contributed by atoms with E-state index in [1.54, 1.807) is 6.20 Å². The minimum Gasteiger partial charge on any atom is -0.382 e. The first-order valence-corrected chi connectivity index (χ1v) is 10.1. The Labute approximate surface area is 121 Å². The van der Waals surface area contributed by atoms with Crippen molar-refractivity contribution in [2.75, 3.05) is 5.73 Å². The van der Waals surface area contributed by atoms with Crippen molar-refractivity contribution in [2.45, 2.75) is 26.1 Å². The van der Waals surface area contributed by atoms with Gasteiger partial charge in [-0.3, -0.25) is 0 Å². The molecule has 0 amide bonds. The Kier molecular flexibility index (Phi) is 4.21. The van der Waals surface area contributed by atoms with Gasteiger partial charge in [-0.15, -0.1) is 5.54 Å². The maximum Gasteiger partial charge on any atom is 0.145 e. The number of aromatic nitrogens is 2. The number of hydrogen-bond donors (Lipinski definition) is 1. The number of benzene rings is 1. The standard InChI is InChI=1S/C16H19N3Si/c1-20(2,3)10-9-14-12-18-16(17)15(19-14)11-13-7-5-4-6-8-13/h4-8,12H,11H2,1-3H3,(H2,17,18). The molecule has 2 N–H and O–H groups in total. The molecule has 20 heavy (non-hydrogen) atoms. The van der Waals surface area contributed by atoms with Crippen molar-refractivity contribution in [3.63, 3.8) is 0 Å². The van der Waals surface area contributed by atoms with Gasteiger partial charge < -0.3 is 5.73 Å². The number of anilines is 1. The molecule has 0 aliphatic carbocycles. The SMILES string of the molecule is C[Si](C)(C)C#Cc1cnc(N)c(Cc2ccccc2)n1. The summed E-state index contributed by atoms with van der Waals surface area (Å²) in [5, 5.41) is 0. The van der Waals surface area contributed by atoms with Crippen LogP contribution in [0.1, 0.15) is 17.0 Å². The van der Waals surface area contributed by atoms with E-state index in [0.29, 0.717) is 17.9 Å². The van der Waals surface area contributed by atoms with Crippen molar-refractivity contribution in [3.8, 4) is 11.5 Å². The lowest BCUT2D eigenvalue weighted by atomic mass is 10.1. The molecule has 1 heterocycles. The zero-order valence-electron chi connectivity index (χ0n) is 12.1. The highest BCUT2D eigenvalue weighted by Crippen LogP contribution is 2.12. The van der Waals surface area contributed by atoms with E-state index in [1.807, 2.05) is 18.2 Å². The Hall–Kier alpha value is -2.12. The first-order chi connectivity index (χ1) is 9.44. The molecule has 0 radical (unpaired) electrons. The summed E-state index contributed by atoms with van der Waals surface area (Å²) in [5.41, 5.74) is 11.9. The molecule has 2 aromatic rings. The molecule has 0 aliphatic rings. The molecule has 0 atom stereocenters. The first-order valence-electron chi connectivity index (χ1n) is 6.62. The van der Waals surface area contributed by atoms with Crippen LogP contribution in [0.25, 0.3) is 0 Å². The molecule has 4 heteroatoms. The average molecular weight is 281 g/mol. The fourth-order valence-electron chi connectivity index (χ4n) is 1.67. The second kappa shape index (κ2) is 5.89. The zero-order chi connectivity index (χ0) is 14.6. The predicted molar refractivity (Wildman–Crippen MR) is 85.9 cm³/mol. The summed E-state index contributed by atoms with van der Waals surface area (Å²) in [6.45, 7) is 6.61. The quantitative estimate of drug-likeness (QED) is 0.680. The summed E-state index contributed by atoms with van der Waals surface area (Å²) >= 11 is 0. The Bertz CT molecular complexity index is 649. The van der Waals surface area contributed by atoms with E-state index in [-0.39, 0.29) is 0 Å². The molecule has 0 spiro atoms. The van der Waals surface area contributed by atoms with Gasteiger partial charge in [-0.25, -0.2) is 9.97 Å². The number of hydrogen-bond acceptors (Lipinski definition) is 3. The number of rotatable bonds is 2. The van der Waals surface area contributed by atoms with Crippen molar-refractivity contribution >= 4 is 13.9 Å². The van der Waals surface area contributed by atoms with Crippen molar-refractivity contribution in [3.05, 3.63) is 53.5 Å². The zero-order valence-corrected chi connectivity index (χ0v) is 13.1. The fraction of sp³-hybridized carbons (Fsp3) is 0.250. The molecule has 0 unspecified atom stereocenters. The van der Waals surface area contributed by atoms with Crippen LogP contribution in [0.3, 0.4) is 0 Å². The van der Waals surface area contributed by atoms with Crippen molar-refractivity contribution in [1.82, 2.24) is 9.97 Å². The summed E-state index contributed by atoms with van der Waals surface area (Å²) < 4.78 is 0. The van der Waals surface area contributed by atoms with E-state index in [1.165, 1.54) is 5.56 Å². The highest BCUT2D eigenvalue weighted by atomic mass is 28.3. The molecule has 1 aromatic carbocycles. The molecule has 102 valence electrons. The van der Waals surface area contributed by atoms with Crippen LogP contribution in [0, 0.1) is 11.5 Å². The normalized spacial score (nSPS) is 10.8. The highest BCUT2D eigenvalue weighted by Gasteiger charge is 2.09. The lowest BCUT2D eigenvalue weighted by Crippen LogP contribution is -2.16. The Morgan fingerprint density at radius 3 is 2.50 bits per heavy atom. The third-order valence-electron chi connectivity index (χ3n) is 2.66. The smallest absolute Gasteiger partial charge is 0.145 e. The maximum absolute atomic E-state index is 5.91. The van der Waals surface area contributed by atoms with E-state index < -0.39 is 8.07 Å². The van der Waals surface area contributed by atoms with Gasteiger partial charge in [-0.1, -0.05) is 55.9 Å². The Balaban J connectivity index is 2.27. The van der Waals surface area contributed by atoms with Gasteiger partial charge in [0.2, 0.25) is 0 Å². The third kappa shape index (κ3) is 4.21. The second-order valence-corrected chi connectivity index (χ2v) is 10.5. The highest BCUT2D eigenvalue weighted by molar-refractivity contribution is 6.83. The van der Waals surface area contributed by atoms with E-state index in [0.717, 1.165) is 5.69 Å². The molecule has 0 bridgehead atoms. The molecule has 0 saturated heterocycles. The van der Waals surface area contributed by atoms with Crippen LogP contribution in [-0.4, -0.2) is 18.0 Å². The van der Waals surface area contributed by atoms with Gasteiger partial charge >= 0.3 is 0 Å². The predicted octanol–water partition coefficient (Wildman–Crippen LogP) is 2.88. The summed E-state index contributed by atoms with van der Waals surface area (Å²) in [6, 6.07) is 10.1. The summed E-state index contributed by atoms with van der Waals surface area (Å²) in [7, 11) is -1.41. The summed E-state index contributed by atoms with van der Waals surface area (Å²) in [4.78, 5) is 8.74. The molecular formula is C16H19N3Si. The van der Waals surface area contributed by atoms with Crippen molar-refractivity contribution < 1.29 is 0 Å². The van der Waals surface area contributed by atoms with Gasteiger partial charge in [0.15, 0.2) is 0 Å². The van der Waals surface area contributed by atoms with E-state index in [2.05, 4.69) is 53.2 Å². The first kappa shape index (κ1) is 14.3. The number of nitrogen functional groups attached to an aromatic ring is 1. The van der Waals surface area contributed by atoms with Crippen LogP contribution < -0.4 is 5.73 Å². The Morgan fingerprint density at radius 2 is 1.85 bits per heavy atom. The van der Waals surface area contributed by atoms with Gasteiger partial charge in [-0.05, 0) is 5.56 Å². The lowest BCUT2D eigenvalue weighted by Gasteiger charge is -2.06. The van der Waals surface area contributed by atoms with Crippen LogP contribution in [-0.2, 0) is 6.42 Å². The topological polar surface area (TPSA) is 51.8 Å². The summed E-state index contributed by atoms with van der Waals surface area (Å²) in [5.74, 6) is 3.60. The third-order valence-corrected chi connectivity index (χ3v) is 3.53. The molecule has 0 fully saturated rings. The minimum atomic E-state index is -1.41. The summed E-state index contributed by atoms with van der Waals surface area (Å²) in [6.07, 6.45) is 2.33. The molecule has 1 aromatic heterocycles. The van der Waals surface area contributed by atoms with Crippen molar-refractivity contribution in [1.29, 1.82) is 0 Å². The van der Waals surface area contributed by atoms with Gasteiger partial charge in [0, 0.05) is 6.42 Å². The Morgan fingerprint density at radius 1 is 1.15 bits per heavy atom. The van der Waals surface area contributed by atoms with Crippen LogP contribution >= 0.6 is 0 Å². The fourth-order valence-corrected chi connectivity index (χ4v) is 2.17. The average Bonchev–Trinajstić information content (AvgIpc) is 2.40. The molecule has 2 rings (SSSR count). The maximum atomic E-state index is 5.91. The molecule has 3 nitrogen and oxygen atoms in total. The van der Waals surface area contributed by atoms with Gasteiger partial charge in [0.05, 0.1) is 11.9 Å². The number of nitrogens with two attached hydrogens (primary N) is 1. The van der Waals surface area contributed by atoms with E-state index in [4.69, 9.17) is 5.73 Å². The lowest BCUT2D eigenvalue weighted by molar-refractivity contribution is 1.03. The van der Waals surface area contributed by atoms with Crippen LogP contribution in [0.5, 0.6) is 0 Å². The van der Waals surface area contributed by atoms with Gasteiger partial charge in [-0.2, -0.15) is 0 Å².